The Bertz CT molecular complexity index is 192. The number of rotatable bonds is 4. The molecule has 0 amide bonds. The van der Waals surface area contributed by atoms with E-state index in [4.69, 9.17) is 4.74 Å². The summed E-state index contributed by atoms with van der Waals surface area (Å²) in [6.07, 6.45) is 6.91. The van der Waals surface area contributed by atoms with E-state index in [-0.39, 0.29) is 0 Å². The number of nitrogens with one attached hydrogen (secondary N) is 1. The van der Waals surface area contributed by atoms with Gasteiger partial charge in [-0.25, -0.2) is 0 Å². The molecule has 3 nitrogen and oxygen atoms in total. The lowest BCUT2D eigenvalue weighted by atomic mass is 10.1. The summed E-state index contributed by atoms with van der Waals surface area (Å²) in [4.78, 5) is 2.61. The van der Waals surface area contributed by atoms with E-state index < -0.39 is 0 Å². The van der Waals surface area contributed by atoms with Crippen LogP contribution in [0.3, 0.4) is 0 Å². The minimum atomic E-state index is 0.514. The molecule has 0 aromatic carbocycles. The van der Waals surface area contributed by atoms with Crippen LogP contribution in [0.4, 0.5) is 0 Å². The Morgan fingerprint density at radius 2 is 2.31 bits per heavy atom. The highest BCUT2D eigenvalue weighted by atomic mass is 16.5. The summed E-state index contributed by atoms with van der Waals surface area (Å²) in [5.74, 6) is 0. The summed E-state index contributed by atoms with van der Waals surface area (Å²) in [6, 6.07) is 0.703. The average molecular weight is 226 g/mol. The Labute approximate surface area is 99.5 Å². The van der Waals surface area contributed by atoms with Crippen LogP contribution in [0.1, 0.15) is 39.0 Å². The van der Waals surface area contributed by atoms with Crippen molar-refractivity contribution in [2.75, 3.05) is 32.8 Å². The van der Waals surface area contributed by atoms with E-state index in [0.717, 1.165) is 13.2 Å². The first kappa shape index (κ1) is 12.3. The van der Waals surface area contributed by atoms with Crippen LogP contribution in [-0.4, -0.2) is 49.8 Å². The van der Waals surface area contributed by atoms with Crippen LogP contribution in [0.2, 0.25) is 0 Å². The topological polar surface area (TPSA) is 24.5 Å². The predicted octanol–water partition coefficient (Wildman–Crippen LogP) is 1.63. The molecule has 0 saturated carbocycles. The first-order valence-electron chi connectivity index (χ1n) is 6.96. The summed E-state index contributed by atoms with van der Waals surface area (Å²) in [7, 11) is 0. The van der Waals surface area contributed by atoms with Crippen molar-refractivity contribution in [2.24, 2.45) is 0 Å². The molecule has 2 aliphatic rings. The molecular formula is C13H26N2O. The Morgan fingerprint density at radius 1 is 1.38 bits per heavy atom. The van der Waals surface area contributed by atoms with Gasteiger partial charge >= 0.3 is 0 Å². The van der Waals surface area contributed by atoms with E-state index in [9.17, 15) is 0 Å². The van der Waals surface area contributed by atoms with E-state index in [1.54, 1.807) is 0 Å². The van der Waals surface area contributed by atoms with Gasteiger partial charge in [0.05, 0.1) is 6.10 Å². The van der Waals surface area contributed by atoms with Crippen molar-refractivity contribution in [1.29, 1.82) is 0 Å². The van der Waals surface area contributed by atoms with E-state index in [1.165, 1.54) is 51.7 Å². The minimum Gasteiger partial charge on any atom is -0.377 e. The van der Waals surface area contributed by atoms with Gasteiger partial charge in [-0.05, 0) is 38.8 Å². The van der Waals surface area contributed by atoms with E-state index in [1.807, 2.05) is 0 Å². The van der Waals surface area contributed by atoms with Crippen LogP contribution >= 0.6 is 0 Å². The summed E-state index contributed by atoms with van der Waals surface area (Å²) in [6.45, 7) is 8.06. The third-order valence-electron chi connectivity index (χ3n) is 3.69. The van der Waals surface area contributed by atoms with Crippen molar-refractivity contribution in [3.05, 3.63) is 0 Å². The average Bonchev–Trinajstić information content (AvgIpc) is 2.67. The van der Waals surface area contributed by atoms with E-state index in [0.29, 0.717) is 12.1 Å². The van der Waals surface area contributed by atoms with Gasteiger partial charge in [-0.2, -0.15) is 0 Å². The standard InChI is InChI=1S/C13H26N2O/c1-2-5-12-10-15(8-4-7-14-12)11-13-6-3-9-16-13/h12-14H,2-11H2,1H3. The first-order valence-corrected chi connectivity index (χ1v) is 6.96. The third kappa shape index (κ3) is 3.72. The molecule has 0 aliphatic carbocycles. The van der Waals surface area contributed by atoms with Crippen LogP contribution in [0.5, 0.6) is 0 Å². The molecule has 2 aliphatic heterocycles. The molecule has 2 rings (SSSR count). The molecule has 2 saturated heterocycles. The van der Waals surface area contributed by atoms with Crippen LogP contribution in [0, 0.1) is 0 Å². The quantitative estimate of drug-likeness (QED) is 0.788. The molecule has 0 radical (unpaired) electrons. The lowest BCUT2D eigenvalue weighted by Crippen LogP contribution is -2.40. The zero-order valence-electron chi connectivity index (χ0n) is 10.6. The Kier molecular flexibility index (Phi) is 5.07. The highest BCUT2D eigenvalue weighted by Gasteiger charge is 2.22. The van der Waals surface area contributed by atoms with Crippen LogP contribution in [0.15, 0.2) is 0 Å². The summed E-state index contributed by atoms with van der Waals surface area (Å²) < 4.78 is 5.73. The number of ether oxygens (including phenoxy) is 1. The molecule has 3 heteroatoms. The molecular weight excluding hydrogens is 200 g/mol. The number of hydrogen-bond acceptors (Lipinski definition) is 3. The second-order valence-corrected chi connectivity index (χ2v) is 5.19. The van der Waals surface area contributed by atoms with Crippen molar-refractivity contribution in [3.63, 3.8) is 0 Å². The molecule has 0 aromatic heterocycles. The van der Waals surface area contributed by atoms with Crippen molar-refractivity contribution in [2.45, 2.75) is 51.2 Å². The van der Waals surface area contributed by atoms with Gasteiger partial charge in [0, 0.05) is 25.7 Å². The van der Waals surface area contributed by atoms with Crippen molar-refractivity contribution >= 4 is 0 Å². The molecule has 0 bridgehead atoms. The second kappa shape index (κ2) is 6.58. The van der Waals surface area contributed by atoms with Crippen LogP contribution < -0.4 is 5.32 Å². The smallest absolute Gasteiger partial charge is 0.0702 e. The normalized spacial score (nSPS) is 32.8. The van der Waals surface area contributed by atoms with Gasteiger partial charge < -0.3 is 10.1 Å². The Morgan fingerprint density at radius 3 is 3.06 bits per heavy atom. The number of hydrogen-bond donors (Lipinski definition) is 1. The van der Waals surface area contributed by atoms with Gasteiger partial charge in [-0.1, -0.05) is 13.3 Å². The zero-order valence-corrected chi connectivity index (χ0v) is 10.6. The van der Waals surface area contributed by atoms with E-state index >= 15 is 0 Å². The van der Waals surface area contributed by atoms with Gasteiger partial charge in [-0.15, -0.1) is 0 Å². The monoisotopic (exact) mass is 226 g/mol. The maximum absolute atomic E-state index is 5.73. The number of nitrogens with zero attached hydrogens (tertiary/aromatic N) is 1. The fourth-order valence-electron chi connectivity index (χ4n) is 2.86. The lowest BCUT2D eigenvalue weighted by molar-refractivity contribution is 0.0723. The highest BCUT2D eigenvalue weighted by Crippen LogP contribution is 2.15. The fraction of sp³-hybridized carbons (Fsp3) is 1.00. The van der Waals surface area contributed by atoms with Crippen LogP contribution in [-0.2, 0) is 4.74 Å². The molecule has 2 unspecified atom stereocenters. The third-order valence-corrected chi connectivity index (χ3v) is 3.69. The maximum Gasteiger partial charge on any atom is 0.0702 e. The van der Waals surface area contributed by atoms with Crippen molar-refractivity contribution in [3.8, 4) is 0 Å². The molecule has 1 N–H and O–H groups in total. The minimum absolute atomic E-state index is 0.514. The van der Waals surface area contributed by atoms with Crippen molar-refractivity contribution in [1.82, 2.24) is 10.2 Å². The van der Waals surface area contributed by atoms with Crippen LogP contribution in [0.25, 0.3) is 0 Å². The molecule has 2 fully saturated rings. The summed E-state index contributed by atoms with van der Waals surface area (Å²) in [5, 5.41) is 3.65. The van der Waals surface area contributed by atoms with Gasteiger partial charge in [0.25, 0.3) is 0 Å². The SMILES string of the molecule is CCCC1CN(CC2CCCO2)CCCN1. The van der Waals surface area contributed by atoms with Gasteiger partial charge in [0.2, 0.25) is 0 Å². The molecule has 2 atom stereocenters. The van der Waals surface area contributed by atoms with Gasteiger partial charge in [0.1, 0.15) is 0 Å². The second-order valence-electron chi connectivity index (χ2n) is 5.19. The summed E-state index contributed by atoms with van der Waals surface area (Å²) in [5.41, 5.74) is 0. The zero-order chi connectivity index (χ0) is 11.2. The van der Waals surface area contributed by atoms with Gasteiger partial charge in [0.15, 0.2) is 0 Å². The molecule has 16 heavy (non-hydrogen) atoms. The molecule has 2 heterocycles. The van der Waals surface area contributed by atoms with Gasteiger partial charge in [-0.3, -0.25) is 4.90 Å². The molecule has 94 valence electrons. The van der Waals surface area contributed by atoms with Crippen molar-refractivity contribution < 1.29 is 4.74 Å². The molecule has 0 spiro atoms. The Hall–Kier alpha value is -0.120. The lowest BCUT2D eigenvalue weighted by Gasteiger charge is -2.26. The predicted molar refractivity (Wildman–Crippen MR) is 66.7 cm³/mol. The maximum atomic E-state index is 5.73. The largest absolute Gasteiger partial charge is 0.377 e. The van der Waals surface area contributed by atoms with E-state index in [2.05, 4.69) is 17.1 Å². The molecule has 0 aromatic rings. The fourth-order valence-corrected chi connectivity index (χ4v) is 2.86. The first-order chi connectivity index (χ1) is 7.88. The Balaban J connectivity index is 1.77. The summed E-state index contributed by atoms with van der Waals surface area (Å²) >= 11 is 0. The highest BCUT2D eigenvalue weighted by molar-refractivity contribution is 4.79.